The molecule has 25 heteroatoms. The zero-order chi connectivity index (χ0) is 67.7. The van der Waals surface area contributed by atoms with Crippen molar-refractivity contribution in [1.29, 1.82) is 0 Å². The van der Waals surface area contributed by atoms with Gasteiger partial charge in [0.1, 0.15) is 36.5 Å². The molecule has 6 aromatic rings. The van der Waals surface area contributed by atoms with Crippen molar-refractivity contribution >= 4 is 80.6 Å². The van der Waals surface area contributed by atoms with Gasteiger partial charge in [-0.2, -0.15) is 0 Å². The number of Topliss-reactive ketones (excluding diaryl/α,β-unsaturated/α-hetero) is 1. The molecule has 2 aliphatic carbocycles. The van der Waals surface area contributed by atoms with Gasteiger partial charge in [0.25, 0.3) is 0 Å². The van der Waals surface area contributed by atoms with E-state index in [1.807, 2.05) is 144 Å². The summed E-state index contributed by atoms with van der Waals surface area (Å²) in [6, 6.07) is 21.1. The number of amides is 2. The fraction of sp³-hybridized carbons (Fsp3) is 0.485. The number of fused-ring (bicyclic) bond motifs is 4. The molecule has 0 spiro atoms. The number of rotatable bonds is 16. The zero-order valence-corrected chi connectivity index (χ0v) is 60.8. The number of benzene rings is 2. The third kappa shape index (κ3) is 19.1. The third-order valence-electron chi connectivity index (χ3n) is 16.5. The van der Waals surface area contributed by atoms with Crippen LogP contribution in [0.1, 0.15) is 132 Å². The van der Waals surface area contributed by atoms with E-state index in [2.05, 4.69) is 59.0 Å². The number of ether oxygens (including phenoxy) is 4. The molecule has 6 heterocycles. The van der Waals surface area contributed by atoms with Crippen molar-refractivity contribution in [3.8, 4) is 0 Å². The van der Waals surface area contributed by atoms with Gasteiger partial charge in [-0.1, -0.05) is 86.7 Å². The topological polar surface area (TPSA) is 217 Å². The van der Waals surface area contributed by atoms with Crippen molar-refractivity contribution in [2.75, 3.05) is 65.6 Å². The van der Waals surface area contributed by atoms with Gasteiger partial charge >= 0.3 is 34.7 Å². The van der Waals surface area contributed by atoms with Crippen molar-refractivity contribution in [3.63, 3.8) is 0 Å². The van der Waals surface area contributed by atoms with E-state index in [1.54, 1.807) is 28.7 Å². The second-order valence-corrected chi connectivity index (χ2v) is 40.5. The Morgan fingerprint density at radius 3 is 1.51 bits per heavy atom. The molecular weight excluding hydrogens is 1300 g/mol. The van der Waals surface area contributed by atoms with Crippen LogP contribution in [0.4, 0.5) is 9.59 Å². The molecule has 0 bridgehead atoms. The van der Waals surface area contributed by atoms with Crippen molar-refractivity contribution in [2.24, 2.45) is 0 Å². The number of carbonyl (C=O) groups is 3. The van der Waals surface area contributed by atoms with E-state index < -0.39 is 48.3 Å². The summed E-state index contributed by atoms with van der Waals surface area (Å²) in [5.41, 5.74) is 9.78. The molecule has 20 nitrogen and oxygen atoms in total. The molecule has 1 N–H and O–H groups in total. The fourth-order valence-electron chi connectivity index (χ4n) is 11.5. The van der Waals surface area contributed by atoms with E-state index in [9.17, 15) is 19.5 Å². The number of hydrogen-bond donors (Lipinski definition) is 1. The number of nitrogens with zero attached hydrogens (tertiary/aromatic N) is 10. The summed E-state index contributed by atoms with van der Waals surface area (Å²) in [6.45, 7) is 35.9. The first-order valence-electron chi connectivity index (χ1n) is 31.5. The van der Waals surface area contributed by atoms with Gasteiger partial charge in [0, 0.05) is 121 Å². The van der Waals surface area contributed by atoms with Crippen LogP contribution < -0.4 is 0 Å². The van der Waals surface area contributed by atoms with Crippen molar-refractivity contribution in [1.82, 2.24) is 48.7 Å². The molecule has 2 amide bonds. The van der Waals surface area contributed by atoms with E-state index in [0.717, 1.165) is 68.2 Å². The van der Waals surface area contributed by atoms with Gasteiger partial charge in [-0.15, -0.1) is 0 Å². The van der Waals surface area contributed by atoms with Crippen LogP contribution in [0.15, 0.2) is 85.7 Å². The number of allylic oxidation sites excluding steroid dienone is 1. The molecule has 1 unspecified atom stereocenters. The van der Waals surface area contributed by atoms with Gasteiger partial charge in [0.2, 0.25) is 5.78 Å². The van der Waals surface area contributed by atoms with Gasteiger partial charge in [-0.3, -0.25) is 24.6 Å². The number of halogens is 2. The predicted molar refractivity (Wildman–Crippen MR) is 362 cm³/mol. The number of aliphatic hydroxyl groups excluding tert-OH is 1. The Kier molecular flexibility index (Phi) is 24.3. The van der Waals surface area contributed by atoms with Crippen LogP contribution in [0.3, 0.4) is 0 Å². The summed E-state index contributed by atoms with van der Waals surface area (Å²) in [5.74, 6) is -0.179. The van der Waals surface area contributed by atoms with E-state index in [4.69, 9.17) is 59.8 Å². The van der Waals surface area contributed by atoms with E-state index in [-0.39, 0.29) is 30.1 Å². The van der Waals surface area contributed by atoms with Crippen molar-refractivity contribution < 1.29 is 60.9 Å². The SMILES string of the molecule is Cc1c(C(=O)C2=Cc3cccnc3[C@@H](N3CCN(C(=O)OC(C)(C)C)CC3)c3ccc(Cl)cc32)ncn1COCC[Si](C)(C)C.Cc1c(C(O)C2=Cc3cccnc3[C@@H](N3CCN(C(=O)OC(C)(C)C)CC3)c3ccc(Cl)cc32)ncn1COCC[Si](C)(C)C.[O]=[Mn]=[O]. The van der Waals surface area contributed by atoms with Crippen LogP contribution in [0.25, 0.3) is 23.3 Å². The molecule has 4 aromatic heterocycles. The third-order valence-corrected chi connectivity index (χ3v) is 20.3. The van der Waals surface area contributed by atoms with E-state index in [0.29, 0.717) is 112 Å². The van der Waals surface area contributed by atoms with Crippen LogP contribution in [-0.2, 0) is 54.9 Å². The van der Waals surface area contributed by atoms with Gasteiger partial charge < -0.3 is 43.0 Å². The molecule has 4 aliphatic rings. The molecular formula is C68H90Cl2MnN10O10Si2. The van der Waals surface area contributed by atoms with Crippen molar-refractivity contribution in [2.45, 2.75) is 150 Å². The minimum absolute atomic E-state index is 0.179. The molecule has 93 heavy (non-hydrogen) atoms. The molecule has 501 valence electrons. The zero-order valence-electron chi connectivity index (χ0n) is 56.1. The number of aromatic nitrogens is 6. The number of ketones is 1. The minimum atomic E-state index is -1.44. The summed E-state index contributed by atoms with van der Waals surface area (Å²) >= 11 is 11.7. The summed E-state index contributed by atoms with van der Waals surface area (Å²) in [6.07, 6.45) is 9.34. The molecule has 2 aromatic carbocycles. The standard InChI is InChI=1S/C34H46ClN5O4Si.C34H44ClN5O4Si.Mn.2O/c2*1-23-29(37-21-40(23)22-43-17-18-45(5,6)7)32(41)28-19-24-9-8-12-36-30(24)31(26-11-10-25(35)20-27(26)28)38-13-15-39(16-14-38)33(42)44-34(2,3)4;;;/h8-12,19-21,31-32,41H,13-18,22H2,1-7H3;8-12,19-21,31H,13-18,22H2,1-7H3;;;/t31-,32?;31-;;;/m00.../s1. The molecule has 0 radical (unpaired) electrons. The summed E-state index contributed by atoms with van der Waals surface area (Å²) in [4.78, 5) is 67.0. The number of imidazole rings is 2. The molecule has 2 fully saturated rings. The van der Waals surface area contributed by atoms with Gasteiger partial charge in [-0.05, 0) is 155 Å². The second-order valence-electron chi connectivity index (χ2n) is 28.2. The average Bonchev–Trinajstić information content (AvgIpc) is 1.67. The molecule has 10 rings (SSSR count). The second kappa shape index (κ2) is 31.1. The van der Waals surface area contributed by atoms with Crippen LogP contribution in [0.5, 0.6) is 0 Å². The number of hydrogen-bond acceptors (Lipinski definition) is 16. The number of pyridine rings is 2. The Hall–Kier alpha value is -6.22. The summed E-state index contributed by atoms with van der Waals surface area (Å²) < 4.78 is 43.8. The number of piperazine rings is 2. The Bertz CT molecular complexity index is 3740. The van der Waals surface area contributed by atoms with E-state index in [1.165, 1.54) is 0 Å². The van der Waals surface area contributed by atoms with Crippen molar-refractivity contribution in [3.05, 3.63) is 163 Å². The van der Waals surface area contributed by atoms with Gasteiger partial charge in [0.05, 0.1) is 41.8 Å². The average molecular weight is 1390 g/mol. The molecule has 2 saturated heterocycles. The van der Waals surface area contributed by atoms with Gasteiger partial charge in [0.15, 0.2) is 0 Å². The Labute approximate surface area is 565 Å². The quantitative estimate of drug-likeness (QED) is 0.0541. The van der Waals surface area contributed by atoms with Gasteiger partial charge in [-0.25, -0.2) is 19.6 Å². The first-order chi connectivity index (χ1) is 43.8. The van der Waals surface area contributed by atoms with Crippen LogP contribution in [0.2, 0.25) is 61.4 Å². The van der Waals surface area contributed by atoms with E-state index >= 15 is 0 Å². The summed E-state index contributed by atoms with van der Waals surface area (Å²) in [7, 11) is -2.40. The predicted octanol–water partition coefficient (Wildman–Crippen LogP) is 13.5. The maximum absolute atomic E-state index is 14.3. The first-order valence-corrected chi connectivity index (χ1v) is 40.7. The van der Waals surface area contributed by atoms with Crippen LogP contribution in [0, 0.1) is 13.8 Å². The number of aliphatic hydroxyl groups is 1. The maximum atomic E-state index is 14.3. The Morgan fingerprint density at radius 2 is 1.04 bits per heavy atom. The summed E-state index contributed by atoms with van der Waals surface area (Å²) in [5, 5.41) is 13.1. The first kappa shape index (κ1) is 72.6. The Morgan fingerprint density at radius 1 is 0.613 bits per heavy atom. The monoisotopic (exact) mass is 1390 g/mol. The molecule has 0 saturated carbocycles. The van der Waals surface area contributed by atoms with Crippen LogP contribution in [-0.4, -0.2) is 165 Å². The molecule has 2 aliphatic heterocycles. The fourth-order valence-corrected chi connectivity index (χ4v) is 13.4. The molecule has 3 atom stereocenters. The number of carbonyl (C=O) groups excluding carboxylic acids is 3. The Balaban J connectivity index is 0.000000229. The van der Waals surface area contributed by atoms with Crippen LogP contribution >= 0.6 is 23.2 Å². The normalized spacial score (nSPS) is 17.3.